The van der Waals surface area contributed by atoms with Gasteiger partial charge in [-0.3, -0.25) is 0 Å². The van der Waals surface area contributed by atoms with Crippen molar-refractivity contribution in [1.29, 1.82) is 0 Å². The zero-order chi connectivity index (χ0) is 11.6. The number of aliphatic hydroxyl groups is 2. The molecule has 1 aromatic carbocycles. The van der Waals surface area contributed by atoms with E-state index < -0.39 is 12.2 Å². The Morgan fingerprint density at radius 3 is 1.76 bits per heavy atom. The molecule has 3 heteroatoms. The van der Waals surface area contributed by atoms with Crippen LogP contribution < -0.4 is 0 Å². The molecule has 1 aliphatic carbocycles. The van der Waals surface area contributed by atoms with Gasteiger partial charge in [0, 0.05) is 22.3 Å². The first-order valence-corrected chi connectivity index (χ1v) is 7.00. The molecule has 0 spiro atoms. The van der Waals surface area contributed by atoms with Crippen LogP contribution in [0.2, 0.25) is 0 Å². The van der Waals surface area contributed by atoms with Gasteiger partial charge in [0.25, 0.3) is 0 Å². The highest BCUT2D eigenvalue weighted by Gasteiger charge is 2.56. The van der Waals surface area contributed by atoms with Gasteiger partial charge in [-0.25, -0.2) is 0 Å². The van der Waals surface area contributed by atoms with Crippen LogP contribution in [0.15, 0.2) is 36.4 Å². The molecule has 2 aliphatic heterocycles. The lowest BCUT2D eigenvalue weighted by Gasteiger charge is -2.38. The molecule has 0 saturated carbocycles. The van der Waals surface area contributed by atoms with E-state index in [1.165, 1.54) is 11.1 Å². The van der Waals surface area contributed by atoms with E-state index >= 15 is 0 Å². The van der Waals surface area contributed by atoms with Crippen LogP contribution in [0, 0.1) is 11.8 Å². The van der Waals surface area contributed by atoms with Crippen molar-refractivity contribution in [1.82, 2.24) is 0 Å². The summed E-state index contributed by atoms with van der Waals surface area (Å²) in [7, 11) is 0. The molecule has 1 fully saturated rings. The summed E-state index contributed by atoms with van der Waals surface area (Å²) in [5, 5.41) is 21.0. The van der Waals surface area contributed by atoms with Gasteiger partial charge in [-0.15, -0.1) is 11.8 Å². The third-order valence-corrected chi connectivity index (χ3v) is 6.06. The highest BCUT2D eigenvalue weighted by molar-refractivity contribution is 8.00. The lowest BCUT2D eigenvalue weighted by atomic mass is 9.68. The Bertz CT molecular complexity index is 456. The minimum absolute atomic E-state index is 0.180. The first-order chi connectivity index (χ1) is 8.27. The quantitative estimate of drug-likeness (QED) is 0.688. The second-order valence-corrected chi connectivity index (χ2v) is 6.41. The number of hydrogen-bond acceptors (Lipinski definition) is 3. The van der Waals surface area contributed by atoms with E-state index in [1.807, 2.05) is 11.8 Å². The van der Waals surface area contributed by atoms with Crippen molar-refractivity contribution in [3.63, 3.8) is 0 Å². The van der Waals surface area contributed by atoms with Gasteiger partial charge in [0.15, 0.2) is 0 Å². The molecule has 0 radical (unpaired) electrons. The normalized spacial score (nSPS) is 45.8. The molecule has 6 atom stereocenters. The van der Waals surface area contributed by atoms with E-state index in [0.29, 0.717) is 10.5 Å². The summed E-state index contributed by atoms with van der Waals surface area (Å²) in [5.41, 5.74) is 2.73. The molecule has 1 saturated heterocycles. The molecule has 2 nitrogen and oxygen atoms in total. The third-order valence-electron chi connectivity index (χ3n) is 4.34. The summed E-state index contributed by atoms with van der Waals surface area (Å²) in [6, 6.07) is 8.47. The Kier molecular flexibility index (Phi) is 2.02. The van der Waals surface area contributed by atoms with E-state index in [2.05, 4.69) is 24.3 Å². The molecule has 17 heavy (non-hydrogen) atoms. The fourth-order valence-electron chi connectivity index (χ4n) is 3.63. The third kappa shape index (κ3) is 1.20. The Balaban J connectivity index is 1.86. The van der Waals surface area contributed by atoms with Gasteiger partial charge in [0.05, 0.1) is 12.2 Å². The molecule has 88 valence electrons. The standard InChI is InChI=1S/C14H14O2S/c15-9-5-6-10(16)12-11(9)13-7-3-1-2-4-8(7)14(12)17-13/h1-6,9-16H/t9-,10+,11-,12+,13-,14+. The molecule has 3 aliphatic rings. The highest BCUT2D eigenvalue weighted by Crippen LogP contribution is 2.68. The van der Waals surface area contributed by atoms with Gasteiger partial charge >= 0.3 is 0 Å². The topological polar surface area (TPSA) is 40.5 Å². The summed E-state index contributed by atoms with van der Waals surface area (Å²) in [6.45, 7) is 0. The molecule has 1 aromatic rings. The van der Waals surface area contributed by atoms with Gasteiger partial charge in [-0.05, 0) is 11.1 Å². The monoisotopic (exact) mass is 246 g/mol. The van der Waals surface area contributed by atoms with Crippen LogP contribution >= 0.6 is 11.8 Å². The fraction of sp³-hybridized carbons (Fsp3) is 0.429. The Labute approximate surface area is 104 Å². The average Bonchev–Trinajstić information content (AvgIpc) is 2.91. The van der Waals surface area contributed by atoms with Crippen LogP contribution in [-0.2, 0) is 0 Å². The summed E-state index contributed by atoms with van der Waals surface area (Å²) in [5.74, 6) is 0.361. The molecular weight excluding hydrogens is 232 g/mol. The van der Waals surface area contributed by atoms with Crippen LogP contribution in [0.5, 0.6) is 0 Å². The van der Waals surface area contributed by atoms with Crippen molar-refractivity contribution in [2.45, 2.75) is 22.7 Å². The average molecular weight is 246 g/mol. The Hall–Kier alpha value is -0.770. The summed E-state index contributed by atoms with van der Waals surface area (Å²) in [4.78, 5) is 0. The van der Waals surface area contributed by atoms with Crippen molar-refractivity contribution in [3.05, 3.63) is 47.5 Å². The SMILES string of the molecule is O[C@@H]1C=C[C@H](O)[C@H]2[C@@H]1[C@@H]1S[C@H]2c2ccccc21. The number of rotatable bonds is 0. The van der Waals surface area contributed by atoms with Gasteiger partial charge < -0.3 is 10.2 Å². The van der Waals surface area contributed by atoms with Crippen LogP contribution in [0.1, 0.15) is 21.6 Å². The van der Waals surface area contributed by atoms with Crippen molar-refractivity contribution in [2.75, 3.05) is 0 Å². The van der Waals surface area contributed by atoms with Crippen molar-refractivity contribution >= 4 is 11.8 Å². The second kappa shape index (κ2) is 3.37. The number of fused-ring (bicyclic) bond motifs is 8. The zero-order valence-corrected chi connectivity index (χ0v) is 10.0. The lowest BCUT2D eigenvalue weighted by molar-refractivity contribution is 0.0340. The van der Waals surface area contributed by atoms with E-state index in [1.54, 1.807) is 12.2 Å². The van der Waals surface area contributed by atoms with Crippen molar-refractivity contribution in [2.24, 2.45) is 11.8 Å². The zero-order valence-electron chi connectivity index (χ0n) is 9.23. The Morgan fingerprint density at radius 2 is 1.29 bits per heavy atom. The van der Waals surface area contributed by atoms with E-state index in [-0.39, 0.29) is 11.8 Å². The minimum Gasteiger partial charge on any atom is -0.389 e. The molecule has 2 bridgehead atoms. The molecule has 0 unspecified atom stereocenters. The van der Waals surface area contributed by atoms with E-state index in [4.69, 9.17) is 0 Å². The van der Waals surface area contributed by atoms with Crippen molar-refractivity contribution < 1.29 is 10.2 Å². The van der Waals surface area contributed by atoms with E-state index in [9.17, 15) is 10.2 Å². The minimum atomic E-state index is -0.403. The van der Waals surface area contributed by atoms with Crippen molar-refractivity contribution in [3.8, 4) is 0 Å². The summed E-state index contributed by atoms with van der Waals surface area (Å²) >= 11 is 1.91. The summed E-state index contributed by atoms with van der Waals surface area (Å²) < 4.78 is 0. The fourth-order valence-corrected chi connectivity index (χ4v) is 5.72. The summed E-state index contributed by atoms with van der Waals surface area (Å²) in [6.07, 6.45) is 2.71. The van der Waals surface area contributed by atoms with Crippen LogP contribution in [0.25, 0.3) is 0 Å². The maximum Gasteiger partial charge on any atom is 0.0768 e. The number of hydrogen-bond donors (Lipinski definition) is 2. The number of thioether (sulfide) groups is 1. The first kappa shape index (κ1) is 10.2. The molecule has 2 heterocycles. The predicted octanol–water partition coefficient (Wildman–Crippen LogP) is 2.05. The molecule has 2 N–H and O–H groups in total. The van der Waals surface area contributed by atoms with Crippen LogP contribution in [-0.4, -0.2) is 22.4 Å². The maximum absolute atomic E-state index is 10.1. The van der Waals surface area contributed by atoms with Gasteiger partial charge in [-0.2, -0.15) is 0 Å². The van der Waals surface area contributed by atoms with Gasteiger partial charge in [0.2, 0.25) is 0 Å². The van der Waals surface area contributed by atoms with Gasteiger partial charge in [-0.1, -0.05) is 36.4 Å². The largest absolute Gasteiger partial charge is 0.389 e. The first-order valence-electron chi connectivity index (χ1n) is 6.06. The molecule has 0 aromatic heterocycles. The van der Waals surface area contributed by atoms with Crippen LogP contribution in [0.3, 0.4) is 0 Å². The van der Waals surface area contributed by atoms with Gasteiger partial charge in [0.1, 0.15) is 0 Å². The molecular formula is C14H14O2S. The maximum atomic E-state index is 10.1. The smallest absolute Gasteiger partial charge is 0.0768 e. The van der Waals surface area contributed by atoms with E-state index in [0.717, 1.165) is 0 Å². The molecule has 0 amide bonds. The number of aliphatic hydroxyl groups excluding tert-OH is 2. The van der Waals surface area contributed by atoms with Crippen LogP contribution in [0.4, 0.5) is 0 Å². The Morgan fingerprint density at radius 1 is 0.824 bits per heavy atom. The molecule has 4 rings (SSSR count). The lowest BCUT2D eigenvalue weighted by Crippen LogP contribution is -2.40. The number of benzene rings is 1. The second-order valence-electron chi connectivity index (χ2n) is 5.13. The predicted molar refractivity (Wildman–Crippen MR) is 67.6 cm³/mol. The highest BCUT2D eigenvalue weighted by atomic mass is 32.2.